The van der Waals surface area contributed by atoms with Gasteiger partial charge in [0.05, 0.1) is 10.6 Å². The molecule has 3 N–H and O–H groups in total. The molecule has 1 heterocycles. The second-order valence-corrected chi connectivity index (χ2v) is 5.72. The monoisotopic (exact) mass is 381 g/mol. The third-order valence-electron chi connectivity index (χ3n) is 3.03. The maximum Gasteiger partial charge on any atom is 0.253 e. The summed E-state index contributed by atoms with van der Waals surface area (Å²) in [5.74, 6) is -1.08. The van der Waals surface area contributed by atoms with Gasteiger partial charge in [0.1, 0.15) is 10.6 Å². The lowest BCUT2D eigenvalue weighted by atomic mass is 10.1. The summed E-state index contributed by atoms with van der Waals surface area (Å²) in [7, 11) is 0. The van der Waals surface area contributed by atoms with E-state index >= 15 is 0 Å². The van der Waals surface area contributed by atoms with E-state index in [1.807, 2.05) is 0 Å². The summed E-state index contributed by atoms with van der Waals surface area (Å²) in [5.41, 5.74) is 6.44. The highest BCUT2D eigenvalue weighted by Gasteiger charge is 2.21. The van der Waals surface area contributed by atoms with E-state index in [1.54, 1.807) is 42.6 Å². The fraction of sp³-hybridized carbons (Fsp3) is 0.133. The molecule has 1 aromatic carbocycles. The van der Waals surface area contributed by atoms with Crippen LogP contribution in [0.3, 0.4) is 0 Å². The van der Waals surface area contributed by atoms with Crippen LogP contribution >= 0.6 is 27.5 Å². The summed E-state index contributed by atoms with van der Waals surface area (Å²) < 4.78 is 0.605. The molecule has 22 heavy (non-hydrogen) atoms. The predicted molar refractivity (Wildman–Crippen MR) is 87.5 cm³/mol. The van der Waals surface area contributed by atoms with Crippen molar-refractivity contribution in [1.82, 2.24) is 10.3 Å². The minimum atomic E-state index is -0.857. The molecule has 2 rings (SSSR count). The van der Waals surface area contributed by atoms with Gasteiger partial charge in [-0.15, -0.1) is 0 Å². The zero-order chi connectivity index (χ0) is 16.1. The summed E-state index contributed by atoms with van der Waals surface area (Å²) in [4.78, 5) is 27.9. The second-order valence-electron chi connectivity index (χ2n) is 4.57. The first-order valence-electron chi connectivity index (χ1n) is 6.43. The molecule has 0 unspecified atom stereocenters. The quantitative estimate of drug-likeness (QED) is 0.778. The molecule has 0 aliphatic heterocycles. The number of halogens is 2. The molecule has 114 valence electrons. The van der Waals surface area contributed by atoms with E-state index in [9.17, 15) is 9.59 Å². The van der Waals surface area contributed by atoms with E-state index in [-0.39, 0.29) is 6.42 Å². The van der Waals surface area contributed by atoms with Crippen molar-refractivity contribution in [1.29, 1.82) is 0 Å². The topological polar surface area (TPSA) is 85.1 Å². The summed E-state index contributed by atoms with van der Waals surface area (Å²) >= 11 is 9.27. The van der Waals surface area contributed by atoms with Crippen LogP contribution in [0.15, 0.2) is 47.2 Å². The van der Waals surface area contributed by atoms with Gasteiger partial charge in [0, 0.05) is 12.6 Å². The van der Waals surface area contributed by atoms with E-state index in [1.165, 1.54) is 0 Å². The smallest absolute Gasteiger partial charge is 0.253 e. The van der Waals surface area contributed by atoms with Crippen LogP contribution in [0, 0.1) is 0 Å². The molecule has 0 spiro atoms. The van der Waals surface area contributed by atoms with Crippen LogP contribution in [0.2, 0.25) is 5.02 Å². The maximum atomic E-state index is 12.2. The van der Waals surface area contributed by atoms with E-state index < -0.39 is 17.9 Å². The van der Waals surface area contributed by atoms with E-state index in [0.29, 0.717) is 15.2 Å². The molecule has 0 saturated carbocycles. The van der Waals surface area contributed by atoms with E-state index in [2.05, 4.69) is 26.2 Å². The van der Waals surface area contributed by atoms with Crippen LogP contribution in [0.1, 0.15) is 15.9 Å². The van der Waals surface area contributed by atoms with Crippen LogP contribution < -0.4 is 11.1 Å². The standard InChI is InChI=1S/C15H13BrClN3O2/c16-13-9(4-3-7-19-13)8-12(14(18)21)20-15(22)10-5-1-2-6-11(10)17/h1-7,12H,8H2,(H2,18,21)(H,20,22)/t12-/m0/s1. The fourth-order valence-electron chi connectivity index (χ4n) is 1.90. The molecular weight excluding hydrogens is 370 g/mol. The van der Waals surface area contributed by atoms with Crippen LogP contribution in [0.4, 0.5) is 0 Å². The molecule has 2 aromatic rings. The molecule has 1 atom stereocenters. The first-order valence-corrected chi connectivity index (χ1v) is 7.60. The summed E-state index contributed by atoms with van der Waals surface area (Å²) in [6, 6.07) is 9.28. The van der Waals surface area contributed by atoms with Gasteiger partial charge in [0.2, 0.25) is 5.91 Å². The number of pyridine rings is 1. The highest BCUT2D eigenvalue weighted by atomic mass is 79.9. The Morgan fingerprint density at radius 3 is 2.64 bits per heavy atom. The average molecular weight is 383 g/mol. The molecule has 0 aliphatic carbocycles. The van der Waals surface area contributed by atoms with Gasteiger partial charge < -0.3 is 11.1 Å². The van der Waals surface area contributed by atoms with Crippen molar-refractivity contribution in [3.63, 3.8) is 0 Å². The minimum absolute atomic E-state index is 0.236. The van der Waals surface area contributed by atoms with Gasteiger partial charge in [0.15, 0.2) is 0 Å². The largest absolute Gasteiger partial charge is 0.368 e. The number of primary amides is 1. The molecule has 0 saturated heterocycles. The second kappa shape index (κ2) is 7.38. The lowest BCUT2D eigenvalue weighted by Crippen LogP contribution is -2.46. The number of nitrogens with zero attached hydrogens (tertiary/aromatic N) is 1. The van der Waals surface area contributed by atoms with Crippen molar-refractivity contribution in [3.05, 3.63) is 63.3 Å². The lowest BCUT2D eigenvalue weighted by Gasteiger charge is -2.16. The van der Waals surface area contributed by atoms with Gasteiger partial charge in [-0.05, 0) is 39.7 Å². The summed E-state index contributed by atoms with van der Waals surface area (Å²) in [5, 5.41) is 2.91. The fourth-order valence-corrected chi connectivity index (χ4v) is 2.53. The number of nitrogens with one attached hydrogen (secondary N) is 1. The highest BCUT2D eigenvalue weighted by molar-refractivity contribution is 9.10. The van der Waals surface area contributed by atoms with Gasteiger partial charge in [0.25, 0.3) is 5.91 Å². The van der Waals surface area contributed by atoms with E-state index in [4.69, 9.17) is 17.3 Å². The maximum absolute atomic E-state index is 12.2. The molecule has 1 aromatic heterocycles. The molecule has 0 bridgehead atoms. The van der Waals surface area contributed by atoms with Crippen molar-refractivity contribution in [2.75, 3.05) is 0 Å². The van der Waals surface area contributed by atoms with Crippen molar-refractivity contribution >= 4 is 39.3 Å². The zero-order valence-corrected chi connectivity index (χ0v) is 13.8. The molecule has 2 amide bonds. The SMILES string of the molecule is NC(=O)[C@H](Cc1cccnc1Br)NC(=O)c1ccccc1Cl. The zero-order valence-electron chi connectivity index (χ0n) is 11.4. The van der Waals surface area contributed by atoms with Gasteiger partial charge in [-0.3, -0.25) is 9.59 Å². The number of benzene rings is 1. The first-order chi connectivity index (χ1) is 10.5. The van der Waals surface area contributed by atoms with Crippen LogP contribution in [-0.4, -0.2) is 22.8 Å². The number of nitrogens with two attached hydrogens (primary N) is 1. The van der Waals surface area contributed by atoms with Gasteiger partial charge in [-0.2, -0.15) is 0 Å². The number of amides is 2. The predicted octanol–water partition coefficient (Wildman–Crippen LogP) is 2.32. The van der Waals surface area contributed by atoms with Crippen molar-refractivity contribution in [3.8, 4) is 0 Å². The number of hydrogen-bond acceptors (Lipinski definition) is 3. The molecule has 7 heteroatoms. The molecule has 0 radical (unpaired) electrons. The number of hydrogen-bond donors (Lipinski definition) is 2. The first kappa shape index (κ1) is 16.5. The highest BCUT2D eigenvalue weighted by Crippen LogP contribution is 2.17. The number of carbonyl (C=O) groups is 2. The van der Waals surface area contributed by atoms with Gasteiger partial charge >= 0.3 is 0 Å². The third kappa shape index (κ3) is 4.05. The van der Waals surface area contributed by atoms with Crippen LogP contribution in [0.25, 0.3) is 0 Å². The van der Waals surface area contributed by atoms with Crippen molar-refractivity contribution in [2.24, 2.45) is 5.73 Å². The molecule has 0 fully saturated rings. The Labute approximate surface area is 141 Å². The van der Waals surface area contributed by atoms with Gasteiger partial charge in [-0.25, -0.2) is 4.98 Å². The summed E-state index contributed by atoms with van der Waals surface area (Å²) in [6.07, 6.45) is 1.86. The Hall–Kier alpha value is -1.92. The Kier molecular flexibility index (Phi) is 5.51. The Morgan fingerprint density at radius 1 is 1.27 bits per heavy atom. The molecule has 0 aliphatic rings. The minimum Gasteiger partial charge on any atom is -0.368 e. The third-order valence-corrected chi connectivity index (χ3v) is 4.07. The van der Waals surface area contributed by atoms with E-state index in [0.717, 1.165) is 5.56 Å². The number of carbonyl (C=O) groups excluding carboxylic acids is 2. The van der Waals surface area contributed by atoms with Crippen molar-refractivity contribution < 1.29 is 9.59 Å². The number of aromatic nitrogens is 1. The van der Waals surface area contributed by atoms with Crippen LogP contribution in [0.5, 0.6) is 0 Å². The van der Waals surface area contributed by atoms with Crippen molar-refractivity contribution in [2.45, 2.75) is 12.5 Å². The Bertz CT molecular complexity index is 709. The Balaban J connectivity index is 2.16. The molecular formula is C15H13BrClN3O2. The molecule has 5 nitrogen and oxygen atoms in total. The normalized spacial score (nSPS) is 11.7. The van der Waals surface area contributed by atoms with Crippen LogP contribution in [-0.2, 0) is 11.2 Å². The Morgan fingerprint density at radius 2 is 2.00 bits per heavy atom. The average Bonchev–Trinajstić information content (AvgIpc) is 2.49. The summed E-state index contributed by atoms with van der Waals surface area (Å²) in [6.45, 7) is 0. The van der Waals surface area contributed by atoms with Gasteiger partial charge in [-0.1, -0.05) is 29.8 Å². The lowest BCUT2D eigenvalue weighted by molar-refractivity contribution is -0.119. The number of rotatable bonds is 5.